The molecule has 0 amide bonds. The highest BCUT2D eigenvalue weighted by atomic mass is 32.2. The Balaban J connectivity index is 1.86. The van der Waals surface area contributed by atoms with Crippen LogP contribution in [0.25, 0.3) is 0 Å². The van der Waals surface area contributed by atoms with Gasteiger partial charge in [-0.3, -0.25) is 4.90 Å². The number of rotatable bonds is 3. The molecule has 1 aromatic carbocycles. The van der Waals surface area contributed by atoms with Gasteiger partial charge in [0.1, 0.15) is 0 Å². The molecule has 0 N–H and O–H groups in total. The van der Waals surface area contributed by atoms with Gasteiger partial charge in [0.2, 0.25) is 0 Å². The lowest BCUT2D eigenvalue weighted by molar-refractivity contribution is 0.110. The van der Waals surface area contributed by atoms with Crippen LogP contribution in [0.2, 0.25) is 0 Å². The molecule has 2 heterocycles. The Hall–Kier alpha value is -0.670. The molecule has 0 radical (unpaired) electrons. The Kier molecular flexibility index (Phi) is 4.57. The number of anilines is 1. The number of benzene rings is 1. The van der Waals surface area contributed by atoms with Crippen LogP contribution in [-0.2, 0) is 0 Å². The summed E-state index contributed by atoms with van der Waals surface area (Å²) in [7, 11) is 0. The SMILES string of the molecule is CCC1CN2CCCCC2CN1c1ccccc1SC. The van der Waals surface area contributed by atoms with E-state index >= 15 is 0 Å². The normalized spacial score (nSPS) is 27.4. The molecular formula is C17H26N2S. The number of piperazine rings is 1. The lowest BCUT2D eigenvalue weighted by Crippen LogP contribution is -2.59. The van der Waals surface area contributed by atoms with Crippen molar-refractivity contribution in [1.29, 1.82) is 0 Å². The zero-order valence-corrected chi connectivity index (χ0v) is 13.5. The van der Waals surface area contributed by atoms with E-state index in [0.717, 1.165) is 6.04 Å². The highest BCUT2D eigenvalue weighted by Gasteiger charge is 2.34. The first-order chi connectivity index (χ1) is 9.83. The lowest BCUT2D eigenvalue weighted by atomic mass is 9.95. The van der Waals surface area contributed by atoms with E-state index in [1.54, 1.807) is 0 Å². The third-order valence-electron chi connectivity index (χ3n) is 4.91. The standard InChI is InChI=1S/C17H26N2S/c1-3-14-12-18-11-7-6-8-15(18)13-19(14)16-9-4-5-10-17(16)20-2/h4-5,9-10,14-15H,3,6-8,11-13H2,1-2H3. The third-order valence-corrected chi connectivity index (χ3v) is 5.69. The van der Waals surface area contributed by atoms with Crippen LogP contribution in [0.1, 0.15) is 32.6 Å². The largest absolute Gasteiger partial charge is 0.365 e. The van der Waals surface area contributed by atoms with Gasteiger partial charge in [0.15, 0.2) is 0 Å². The summed E-state index contributed by atoms with van der Waals surface area (Å²) in [6.45, 7) is 6.13. The van der Waals surface area contributed by atoms with Crippen molar-refractivity contribution in [2.75, 3.05) is 30.8 Å². The summed E-state index contributed by atoms with van der Waals surface area (Å²) in [6.07, 6.45) is 7.63. The van der Waals surface area contributed by atoms with Gasteiger partial charge in [-0.25, -0.2) is 0 Å². The molecule has 0 spiro atoms. The van der Waals surface area contributed by atoms with Crippen molar-refractivity contribution >= 4 is 17.4 Å². The van der Waals surface area contributed by atoms with Crippen LogP contribution in [0, 0.1) is 0 Å². The van der Waals surface area contributed by atoms with Crippen molar-refractivity contribution in [2.24, 2.45) is 0 Å². The predicted molar refractivity (Wildman–Crippen MR) is 88.9 cm³/mol. The van der Waals surface area contributed by atoms with E-state index in [2.05, 4.69) is 47.2 Å². The van der Waals surface area contributed by atoms with E-state index in [9.17, 15) is 0 Å². The van der Waals surface area contributed by atoms with Crippen molar-refractivity contribution in [2.45, 2.75) is 49.6 Å². The fraction of sp³-hybridized carbons (Fsp3) is 0.647. The maximum atomic E-state index is 2.75. The minimum absolute atomic E-state index is 0.678. The smallest absolute Gasteiger partial charge is 0.0507 e. The number of thioether (sulfide) groups is 1. The highest BCUT2D eigenvalue weighted by molar-refractivity contribution is 7.98. The fourth-order valence-electron chi connectivity index (χ4n) is 3.76. The zero-order chi connectivity index (χ0) is 13.9. The first-order valence-electron chi connectivity index (χ1n) is 7.97. The van der Waals surface area contributed by atoms with Crippen molar-refractivity contribution in [3.8, 4) is 0 Å². The second-order valence-corrected chi connectivity index (χ2v) is 6.88. The molecule has 2 saturated heterocycles. The van der Waals surface area contributed by atoms with Gasteiger partial charge in [-0.15, -0.1) is 11.8 Å². The van der Waals surface area contributed by atoms with Gasteiger partial charge in [0.05, 0.1) is 5.69 Å². The summed E-state index contributed by atoms with van der Waals surface area (Å²) in [5.74, 6) is 0. The van der Waals surface area contributed by atoms with Crippen LogP contribution in [0.15, 0.2) is 29.2 Å². The quantitative estimate of drug-likeness (QED) is 0.781. The molecule has 2 unspecified atom stereocenters. The average molecular weight is 290 g/mol. The molecule has 2 aliphatic rings. The first kappa shape index (κ1) is 14.3. The molecular weight excluding hydrogens is 264 g/mol. The third kappa shape index (κ3) is 2.71. The number of piperidine rings is 1. The monoisotopic (exact) mass is 290 g/mol. The minimum atomic E-state index is 0.678. The zero-order valence-electron chi connectivity index (χ0n) is 12.7. The molecule has 3 heteroatoms. The second kappa shape index (κ2) is 6.40. The molecule has 0 aromatic heterocycles. The van der Waals surface area contributed by atoms with Gasteiger partial charge in [0, 0.05) is 30.1 Å². The van der Waals surface area contributed by atoms with Gasteiger partial charge in [-0.1, -0.05) is 25.5 Å². The maximum absolute atomic E-state index is 2.75. The van der Waals surface area contributed by atoms with E-state index < -0.39 is 0 Å². The molecule has 1 aromatic rings. The Morgan fingerprint density at radius 1 is 1.20 bits per heavy atom. The molecule has 2 nitrogen and oxygen atoms in total. The van der Waals surface area contributed by atoms with Gasteiger partial charge < -0.3 is 4.90 Å². The summed E-state index contributed by atoms with van der Waals surface area (Å²) in [4.78, 5) is 6.86. The topological polar surface area (TPSA) is 6.48 Å². The van der Waals surface area contributed by atoms with Crippen LogP contribution in [0.3, 0.4) is 0 Å². The van der Waals surface area contributed by atoms with Gasteiger partial charge in [0.25, 0.3) is 0 Å². The number of nitrogens with zero attached hydrogens (tertiary/aromatic N) is 2. The molecule has 0 bridgehead atoms. The van der Waals surface area contributed by atoms with Crippen molar-refractivity contribution in [1.82, 2.24) is 4.90 Å². The fourth-order valence-corrected chi connectivity index (χ4v) is 4.37. The Bertz CT molecular complexity index is 448. The van der Waals surface area contributed by atoms with E-state index in [1.165, 1.54) is 55.9 Å². The van der Waals surface area contributed by atoms with Gasteiger partial charge in [-0.2, -0.15) is 0 Å². The molecule has 2 fully saturated rings. The molecule has 0 saturated carbocycles. The predicted octanol–water partition coefficient (Wildman–Crippen LogP) is 3.86. The minimum Gasteiger partial charge on any atom is -0.365 e. The Morgan fingerprint density at radius 2 is 2.05 bits per heavy atom. The number of hydrogen-bond acceptors (Lipinski definition) is 3. The number of fused-ring (bicyclic) bond motifs is 1. The van der Waals surface area contributed by atoms with E-state index in [-0.39, 0.29) is 0 Å². The van der Waals surface area contributed by atoms with Crippen LogP contribution >= 0.6 is 11.8 Å². The van der Waals surface area contributed by atoms with Gasteiger partial charge in [-0.05, 0) is 44.2 Å². The van der Waals surface area contributed by atoms with Crippen LogP contribution in [0.4, 0.5) is 5.69 Å². The molecule has 20 heavy (non-hydrogen) atoms. The first-order valence-corrected chi connectivity index (χ1v) is 9.19. The van der Waals surface area contributed by atoms with E-state index in [0.29, 0.717) is 6.04 Å². The van der Waals surface area contributed by atoms with Crippen LogP contribution in [-0.4, -0.2) is 42.9 Å². The molecule has 0 aliphatic carbocycles. The summed E-state index contributed by atoms with van der Waals surface area (Å²) in [5, 5.41) is 0. The summed E-state index contributed by atoms with van der Waals surface area (Å²) in [6, 6.07) is 10.4. The average Bonchev–Trinajstić information content (AvgIpc) is 2.53. The highest BCUT2D eigenvalue weighted by Crippen LogP contribution is 2.34. The molecule has 3 rings (SSSR count). The number of hydrogen-bond donors (Lipinski definition) is 0. The molecule has 110 valence electrons. The van der Waals surface area contributed by atoms with Crippen molar-refractivity contribution < 1.29 is 0 Å². The summed E-state index contributed by atoms with van der Waals surface area (Å²) in [5.41, 5.74) is 1.46. The maximum Gasteiger partial charge on any atom is 0.0507 e. The van der Waals surface area contributed by atoms with Crippen LogP contribution < -0.4 is 4.90 Å². The van der Waals surface area contributed by atoms with Crippen molar-refractivity contribution in [3.63, 3.8) is 0 Å². The number of para-hydroxylation sites is 1. The lowest BCUT2D eigenvalue weighted by Gasteiger charge is -2.49. The van der Waals surface area contributed by atoms with E-state index in [4.69, 9.17) is 0 Å². The van der Waals surface area contributed by atoms with E-state index in [1.807, 2.05) is 11.8 Å². The summed E-state index contributed by atoms with van der Waals surface area (Å²) < 4.78 is 0. The molecule has 2 aliphatic heterocycles. The Morgan fingerprint density at radius 3 is 2.85 bits per heavy atom. The molecule has 2 atom stereocenters. The van der Waals surface area contributed by atoms with Gasteiger partial charge >= 0.3 is 0 Å². The summed E-state index contributed by atoms with van der Waals surface area (Å²) >= 11 is 1.88. The van der Waals surface area contributed by atoms with Crippen LogP contribution in [0.5, 0.6) is 0 Å². The second-order valence-electron chi connectivity index (χ2n) is 6.03. The Labute approximate surface area is 127 Å². The van der Waals surface area contributed by atoms with Crippen molar-refractivity contribution in [3.05, 3.63) is 24.3 Å².